The van der Waals surface area contributed by atoms with E-state index in [0.717, 1.165) is 24.8 Å². The van der Waals surface area contributed by atoms with E-state index in [1.165, 1.54) is 36.8 Å². The van der Waals surface area contributed by atoms with Gasteiger partial charge in [-0.25, -0.2) is 4.98 Å². The van der Waals surface area contributed by atoms with E-state index in [2.05, 4.69) is 36.4 Å². The summed E-state index contributed by atoms with van der Waals surface area (Å²) in [5, 5.41) is 7.10. The summed E-state index contributed by atoms with van der Waals surface area (Å²) in [6.07, 6.45) is 2.32. The maximum Gasteiger partial charge on any atom is 0.0928 e. The average Bonchev–Trinajstić information content (AvgIpc) is 3.02. The molecule has 2 aliphatic rings. The van der Waals surface area contributed by atoms with E-state index >= 15 is 0 Å². The number of nitrogens with one attached hydrogen (secondary N) is 1. The lowest BCUT2D eigenvalue weighted by molar-refractivity contribution is 0.130. The van der Waals surface area contributed by atoms with Crippen LogP contribution in [0.25, 0.3) is 0 Å². The quantitative estimate of drug-likeness (QED) is 0.918. The lowest BCUT2D eigenvalue weighted by Gasteiger charge is -2.35. The van der Waals surface area contributed by atoms with Gasteiger partial charge in [-0.2, -0.15) is 0 Å². The normalized spacial score (nSPS) is 29.8. The van der Waals surface area contributed by atoms with Crippen molar-refractivity contribution in [3.8, 4) is 0 Å². The molecule has 1 N–H and O–H groups in total. The van der Waals surface area contributed by atoms with E-state index in [1.807, 2.05) is 11.3 Å². The largest absolute Gasteiger partial charge is 0.316 e. The summed E-state index contributed by atoms with van der Waals surface area (Å²) in [4.78, 5) is 7.43. The van der Waals surface area contributed by atoms with Crippen molar-refractivity contribution in [1.29, 1.82) is 0 Å². The van der Waals surface area contributed by atoms with Gasteiger partial charge in [0, 0.05) is 30.6 Å². The lowest BCUT2D eigenvalue weighted by atomic mass is 9.85. The van der Waals surface area contributed by atoms with Crippen LogP contribution in [0, 0.1) is 11.8 Å². The molecule has 0 aliphatic carbocycles. The SMILES string of the molecule is CCCc1nc(CN2CC3CNCC3C2(C)C)cs1. The number of fused-ring (bicyclic) bond motifs is 1. The number of hydrogen-bond donors (Lipinski definition) is 1. The predicted octanol–water partition coefficient (Wildman–Crippen LogP) is 2.53. The minimum Gasteiger partial charge on any atom is -0.316 e. The van der Waals surface area contributed by atoms with Gasteiger partial charge in [0.05, 0.1) is 10.7 Å². The molecule has 4 heteroatoms. The highest BCUT2D eigenvalue weighted by Gasteiger charge is 2.49. The topological polar surface area (TPSA) is 28.2 Å². The maximum atomic E-state index is 4.78. The highest BCUT2D eigenvalue weighted by Crippen LogP contribution is 2.41. The molecule has 2 atom stereocenters. The summed E-state index contributed by atoms with van der Waals surface area (Å²) in [6, 6.07) is 0. The molecule has 0 bridgehead atoms. The third-order valence-corrected chi connectivity index (χ3v) is 5.89. The minimum absolute atomic E-state index is 0.308. The molecule has 2 aliphatic heterocycles. The number of hydrogen-bond acceptors (Lipinski definition) is 4. The molecule has 0 spiro atoms. The molecule has 2 saturated heterocycles. The Balaban J connectivity index is 1.69. The third-order valence-electron chi connectivity index (χ3n) is 4.93. The van der Waals surface area contributed by atoms with Gasteiger partial charge in [0.15, 0.2) is 0 Å². The Morgan fingerprint density at radius 2 is 2.32 bits per heavy atom. The van der Waals surface area contributed by atoms with Gasteiger partial charge in [0.2, 0.25) is 0 Å². The van der Waals surface area contributed by atoms with Crippen LogP contribution in [0.1, 0.15) is 37.9 Å². The maximum absolute atomic E-state index is 4.78. The van der Waals surface area contributed by atoms with Crippen LogP contribution >= 0.6 is 11.3 Å². The second-order valence-corrected chi connectivity index (χ2v) is 7.48. The van der Waals surface area contributed by atoms with E-state index in [0.29, 0.717) is 5.54 Å². The van der Waals surface area contributed by atoms with Crippen LogP contribution < -0.4 is 5.32 Å². The van der Waals surface area contributed by atoms with Crippen molar-refractivity contribution in [2.75, 3.05) is 19.6 Å². The molecule has 0 radical (unpaired) electrons. The Morgan fingerprint density at radius 3 is 3.05 bits per heavy atom. The standard InChI is InChI=1S/C15H25N3S/c1-4-5-14-17-12(10-19-14)9-18-8-11-6-16-7-13(11)15(18,2)3/h10-11,13,16H,4-9H2,1-3H3. The predicted molar refractivity (Wildman–Crippen MR) is 80.4 cm³/mol. The zero-order valence-electron chi connectivity index (χ0n) is 12.3. The molecular weight excluding hydrogens is 254 g/mol. The van der Waals surface area contributed by atoms with E-state index in [9.17, 15) is 0 Å². The van der Waals surface area contributed by atoms with Crippen molar-refractivity contribution in [3.63, 3.8) is 0 Å². The summed E-state index contributed by atoms with van der Waals surface area (Å²) in [7, 11) is 0. The van der Waals surface area contributed by atoms with Crippen molar-refractivity contribution in [1.82, 2.24) is 15.2 Å². The number of aryl methyl sites for hydroxylation is 1. The fraction of sp³-hybridized carbons (Fsp3) is 0.800. The highest BCUT2D eigenvalue weighted by atomic mass is 32.1. The van der Waals surface area contributed by atoms with Gasteiger partial charge in [0.1, 0.15) is 0 Å². The average molecular weight is 279 g/mol. The van der Waals surface area contributed by atoms with Gasteiger partial charge >= 0.3 is 0 Å². The monoisotopic (exact) mass is 279 g/mol. The lowest BCUT2D eigenvalue weighted by Crippen LogP contribution is -2.43. The Bertz CT molecular complexity index is 440. The molecule has 3 rings (SSSR count). The van der Waals surface area contributed by atoms with Crippen LogP contribution in [0.3, 0.4) is 0 Å². The molecule has 1 aromatic rings. The summed E-state index contributed by atoms with van der Waals surface area (Å²) in [5.41, 5.74) is 1.58. The van der Waals surface area contributed by atoms with Gasteiger partial charge in [-0.15, -0.1) is 11.3 Å². The van der Waals surface area contributed by atoms with Crippen molar-refractivity contribution in [3.05, 3.63) is 16.1 Å². The molecule has 106 valence electrons. The van der Waals surface area contributed by atoms with Crippen LogP contribution in [0.2, 0.25) is 0 Å². The fourth-order valence-electron chi connectivity index (χ4n) is 3.72. The second kappa shape index (κ2) is 5.15. The van der Waals surface area contributed by atoms with Gasteiger partial charge in [-0.05, 0) is 45.1 Å². The second-order valence-electron chi connectivity index (χ2n) is 6.54. The number of aromatic nitrogens is 1. The fourth-order valence-corrected chi connectivity index (χ4v) is 4.61. The Morgan fingerprint density at radius 1 is 1.47 bits per heavy atom. The van der Waals surface area contributed by atoms with E-state index in [1.54, 1.807) is 0 Å². The van der Waals surface area contributed by atoms with Crippen molar-refractivity contribution >= 4 is 11.3 Å². The molecule has 3 nitrogen and oxygen atoms in total. The summed E-state index contributed by atoms with van der Waals surface area (Å²) >= 11 is 1.83. The molecule has 0 amide bonds. The third kappa shape index (κ3) is 2.46. The van der Waals surface area contributed by atoms with Crippen LogP contribution in [-0.2, 0) is 13.0 Å². The minimum atomic E-state index is 0.308. The molecule has 3 heterocycles. The summed E-state index contributed by atoms with van der Waals surface area (Å²) < 4.78 is 0. The van der Waals surface area contributed by atoms with E-state index in [4.69, 9.17) is 4.98 Å². The highest BCUT2D eigenvalue weighted by molar-refractivity contribution is 7.09. The molecule has 2 unspecified atom stereocenters. The number of rotatable bonds is 4. The number of nitrogens with zero attached hydrogens (tertiary/aromatic N) is 2. The van der Waals surface area contributed by atoms with Crippen molar-refractivity contribution < 1.29 is 0 Å². The summed E-state index contributed by atoms with van der Waals surface area (Å²) in [5.74, 6) is 1.64. The van der Waals surface area contributed by atoms with E-state index < -0.39 is 0 Å². The van der Waals surface area contributed by atoms with Gasteiger partial charge in [0.25, 0.3) is 0 Å². The molecular formula is C15H25N3S. The smallest absolute Gasteiger partial charge is 0.0928 e. The van der Waals surface area contributed by atoms with Gasteiger partial charge < -0.3 is 5.32 Å². The zero-order valence-corrected chi connectivity index (χ0v) is 13.1. The van der Waals surface area contributed by atoms with Crippen LogP contribution in [0.5, 0.6) is 0 Å². The first-order chi connectivity index (χ1) is 9.11. The zero-order chi connectivity index (χ0) is 13.5. The first-order valence-corrected chi connectivity index (χ1v) is 8.38. The molecule has 0 saturated carbocycles. The Kier molecular flexibility index (Phi) is 3.67. The number of thiazole rings is 1. The summed E-state index contributed by atoms with van der Waals surface area (Å²) in [6.45, 7) is 11.7. The van der Waals surface area contributed by atoms with Crippen LogP contribution in [0.15, 0.2) is 5.38 Å². The van der Waals surface area contributed by atoms with Crippen molar-refractivity contribution in [2.24, 2.45) is 11.8 Å². The first-order valence-electron chi connectivity index (χ1n) is 7.50. The Labute approximate surface area is 120 Å². The van der Waals surface area contributed by atoms with Crippen LogP contribution in [0.4, 0.5) is 0 Å². The van der Waals surface area contributed by atoms with Crippen molar-refractivity contribution in [2.45, 2.75) is 45.7 Å². The Hall–Kier alpha value is -0.450. The van der Waals surface area contributed by atoms with Crippen LogP contribution in [-0.4, -0.2) is 35.1 Å². The molecule has 0 aromatic carbocycles. The molecule has 1 aromatic heterocycles. The van der Waals surface area contributed by atoms with Gasteiger partial charge in [-0.3, -0.25) is 4.90 Å². The first kappa shape index (κ1) is 13.5. The molecule has 19 heavy (non-hydrogen) atoms. The van der Waals surface area contributed by atoms with Gasteiger partial charge in [-0.1, -0.05) is 6.92 Å². The molecule has 2 fully saturated rings. The number of likely N-dealkylation sites (tertiary alicyclic amines) is 1. The van der Waals surface area contributed by atoms with E-state index in [-0.39, 0.29) is 0 Å².